The van der Waals surface area contributed by atoms with Crippen molar-refractivity contribution in [1.82, 2.24) is 9.80 Å². The van der Waals surface area contributed by atoms with E-state index in [1.807, 2.05) is 36.2 Å². The first kappa shape index (κ1) is 27.9. The average Bonchev–Trinajstić information content (AvgIpc) is 2.99. The van der Waals surface area contributed by atoms with Crippen molar-refractivity contribution >= 4 is 17.5 Å². The fourth-order valence-corrected chi connectivity index (χ4v) is 9.00. The third kappa shape index (κ3) is 5.50. The predicted octanol–water partition coefficient (Wildman–Crippen LogP) is 6.45. The number of hydrogen-bond acceptors (Lipinski definition) is 4. The second kappa shape index (κ2) is 11.0. The topological polar surface area (TPSA) is 64.1 Å². The average molecular weight is 582 g/mol. The van der Waals surface area contributed by atoms with Crippen molar-refractivity contribution in [1.29, 1.82) is 0 Å². The minimum Gasteiger partial charge on any atom is -0.508 e. The molecular weight excluding hydrogens is 541 g/mol. The van der Waals surface area contributed by atoms with Crippen molar-refractivity contribution in [2.24, 2.45) is 23.2 Å². The summed E-state index contributed by atoms with van der Waals surface area (Å²) in [5.41, 5.74) is 3.31. The summed E-state index contributed by atoms with van der Waals surface area (Å²) in [5, 5.41) is 9.73. The zero-order valence-corrected chi connectivity index (χ0v) is 24.8. The van der Waals surface area contributed by atoms with Crippen molar-refractivity contribution in [2.75, 3.05) is 44.7 Å². The highest BCUT2D eigenvalue weighted by atomic mass is 19.1. The lowest BCUT2D eigenvalue weighted by molar-refractivity contribution is -0.0629. The van der Waals surface area contributed by atoms with Gasteiger partial charge < -0.3 is 19.8 Å². The fourth-order valence-electron chi connectivity index (χ4n) is 9.00. The number of anilines is 1. The van der Waals surface area contributed by atoms with Crippen molar-refractivity contribution in [3.8, 4) is 16.9 Å². The molecule has 5 aliphatic rings. The van der Waals surface area contributed by atoms with Gasteiger partial charge in [-0.25, -0.2) is 4.39 Å². The number of carbonyl (C=O) groups excluding carboxylic acids is 2. The predicted molar refractivity (Wildman–Crippen MR) is 166 cm³/mol. The van der Waals surface area contributed by atoms with E-state index in [4.69, 9.17) is 0 Å². The second-order valence-electron chi connectivity index (χ2n) is 13.6. The van der Waals surface area contributed by atoms with E-state index in [9.17, 15) is 19.1 Å². The summed E-state index contributed by atoms with van der Waals surface area (Å²) in [6.45, 7) is 3.26. The molecule has 3 aromatic rings. The van der Waals surface area contributed by atoms with Gasteiger partial charge in [-0.15, -0.1) is 0 Å². The number of halogens is 1. The van der Waals surface area contributed by atoms with Gasteiger partial charge in [-0.05, 0) is 116 Å². The summed E-state index contributed by atoms with van der Waals surface area (Å²) >= 11 is 0. The van der Waals surface area contributed by atoms with E-state index >= 15 is 0 Å². The van der Waals surface area contributed by atoms with Crippen LogP contribution in [-0.2, 0) is 0 Å². The molecule has 8 rings (SSSR count). The highest BCUT2D eigenvalue weighted by Gasteiger charge is 2.51. The Balaban J connectivity index is 0.943. The Morgan fingerprint density at radius 2 is 1.49 bits per heavy atom. The number of benzene rings is 3. The van der Waals surface area contributed by atoms with Crippen molar-refractivity contribution in [2.45, 2.75) is 38.5 Å². The molecule has 0 aromatic heterocycles. The fraction of sp³-hybridized carbons (Fsp3) is 0.444. The van der Waals surface area contributed by atoms with Crippen LogP contribution in [0.1, 0.15) is 59.2 Å². The molecule has 5 fully saturated rings. The molecule has 0 unspecified atom stereocenters. The monoisotopic (exact) mass is 581 g/mol. The number of phenolic OH excluding ortho intramolecular Hbond substituents is 1. The smallest absolute Gasteiger partial charge is 0.254 e. The number of nitrogens with zero attached hydrogens (tertiary/aromatic N) is 3. The first-order valence-corrected chi connectivity index (χ1v) is 15.7. The molecule has 2 amide bonds. The third-order valence-corrected chi connectivity index (χ3v) is 10.5. The maximum absolute atomic E-state index is 14.9. The zero-order chi connectivity index (χ0) is 29.7. The van der Waals surface area contributed by atoms with Crippen molar-refractivity contribution < 1.29 is 19.1 Å². The van der Waals surface area contributed by atoms with E-state index < -0.39 is 5.82 Å². The van der Waals surface area contributed by atoms with Gasteiger partial charge in [0.25, 0.3) is 11.8 Å². The van der Waals surface area contributed by atoms with Gasteiger partial charge in [-0.2, -0.15) is 0 Å². The number of phenols is 1. The lowest BCUT2D eigenvalue weighted by atomic mass is 9.49. The molecule has 1 heterocycles. The maximum atomic E-state index is 14.9. The SMILES string of the molecule is CN(CC12CC3CC(CC(C3)C1)C2)C(=O)c1ccc(N2CCN(C(=O)c3ccc(-c4cccc(O)c4)c(F)c3)CC2)cc1. The van der Waals surface area contributed by atoms with Gasteiger partial charge in [0.05, 0.1) is 0 Å². The molecular formula is C36H40FN3O3. The van der Waals surface area contributed by atoms with Crippen LogP contribution in [0.5, 0.6) is 5.75 Å². The van der Waals surface area contributed by atoms with E-state index in [1.54, 1.807) is 29.2 Å². The number of rotatable bonds is 6. The summed E-state index contributed by atoms with van der Waals surface area (Å²) < 4.78 is 14.9. The molecule has 4 saturated carbocycles. The number of carbonyl (C=O) groups is 2. The van der Waals surface area contributed by atoms with Gasteiger partial charge in [0.2, 0.25) is 0 Å². The number of hydrogen-bond donors (Lipinski definition) is 1. The van der Waals surface area contributed by atoms with Gasteiger partial charge >= 0.3 is 0 Å². The molecule has 7 heteroatoms. The van der Waals surface area contributed by atoms with Crippen LogP contribution in [0.15, 0.2) is 66.7 Å². The zero-order valence-electron chi connectivity index (χ0n) is 24.8. The van der Waals surface area contributed by atoms with E-state index in [0.29, 0.717) is 48.3 Å². The minimum atomic E-state index is -0.492. The largest absolute Gasteiger partial charge is 0.508 e. The molecule has 43 heavy (non-hydrogen) atoms. The molecule has 4 bridgehead atoms. The van der Waals surface area contributed by atoms with Crippen LogP contribution >= 0.6 is 0 Å². The van der Waals surface area contributed by atoms with Gasteiger partial charge in [0.15, 0.2) is 0 Å². The Labute approximate surface area is 253 Å². The van der Waals surface area contributed by atoms with Crippen molar-refractivity contribution in [3.63, 3.8) is 0 Å². The molecule has 0 spiro atoms. The van der Waals surface area contributed by atoms with Crippen molar-refractivity contribution in [3.05, 3.63) is 83.7 Å². The first-order valence-electron chi connectivity index (χ1n) is 15.7. The number of aromatic hydroxyl groups is 1. The van der Waals surface area contributed by atoms with Gasteiger partial charge in [0.1, 0.15) is 11.6 Å². The summed E-state index contributed by atoms with van der Waals surface area (Å²) in [5.74, 6) is 2.11. The van der Waals surface area contributed by atoms with Crippen LogP contribution in [0, 0.1) is 29.0 Å². The Bertz CT molecular complexity index is 1490. The summed E-state index contributed by atoms with van der Waals surface area (Å²) in [6, 6.07) is 18.8. The Hall–Kier alpha value is -3.87. The van der Waals surface area contributed by atoms with Crippen LogP contribution in [0.3, 0.4) is 0 Å². The normalized spacial score (nSPS) is 26.0. The lowest BCUT2D eigenvalue weighted by Gasteiger charge is -2.57. The molecule has 1 saturated heterocycles. The Morgan fingerprint density at radius 1 is 0.860 bits per heavy atom. The van der Waals surface area contributed by atoms with Crippen LogP contribution < -0.4 is 4.90 Å². The highest BCUT2D eigenvalue weighted by Crippen LogP contribution is 2.60. The van der Waals surface area contributed by atoms with Gasteiger partial charge in [0, 0.05) is 62.1 Å². The van der Waals surface area contributed by atoms with E-state index in [1.165, 1.54) is 56.7 Å². The Morgan fingerprint density at radius 3 is 2.09 bits per heavy atom. The quantitative estimate of drug-likeness (QED) is 0.364. The Kier molecular flexibility index (Phi) is 7.15. The van der Waals surface area contributed by atoms with Crippen LogP contribution in [0.2, 0.25) is 0 Å². The molecule has 3 aromatic carbocycles. The third-order valence-electron chi connectivity index (χ3n) is 10.5. The molecule has 224 valence electrons. The molecule has 1 aliphatic heterocycles. The molecule has 0 radical (unpaired) electrons. The highest BCUT2D eigenvalue weighted by molar-refractivity contribution is 5.95. The lowest BCUT2D eigenvalue weighted by Crippen LogP contribution is -2.51. The first-order chi connectivity index (χ1) is 20.7. The van der Waals surface area contributed by atoms with Crippen LogP contribution in [-0.4, -0.2) is 66.5 Å². The maximum Gasteiger partial charge on any atom is 0.254 e. The summed E-state index contributed by atoms with van der Waals surface area (Å²) in [7, 11) is 1.97. The molecule has 0 atom stereocenters. The van der Waals surface area contributed by atoms with E-state index in [2.05, 4.69) is 4.90 Å². The van der Waals surface area contributed by atoms with Crippen LogP contribution in [0.4, 0.5) is 10.1 Å². The number of piperazine rings is 1. The van der Waals surface area contributed by atoms with Gasteiger partial charge in [-0.3, -0.25) is 9.59 Å². The second-order valence-corrected chi connectivity index (χ2v) is 13.6. The number of amides is 2. The molecule has 6 nitrogen and oxygen atoms in total. The van der Waals surface area contributed by atoms with E-state index in [0.717, 1.165) is 35.5 Å². The standard InChI is InChI=1S/C36H40FN3O3/c1-38(23-36-20-24-15-25(21-36)17-26(16-24)22-36)34(42)27-5-8-30(9-6-27)39-11-13-40(14-12-39)35(43)29-7-10-32(33(37)19-29)28-3-2-4-31(41)18-28/h2-10,18-19,24-26,41H,11-17,20-23H2,1H3. The molecule has 1 N–H and O–H groups in total. The minimum absolute atomic E-state index is 0.0657. The molecule has 4 aliphatic carbocycles. The van der Waals surface area contributed by atoms with E-state index in [-0.39, 0.29) is 17.6 Å². The summed E-state index contributed by atoms with van der Waals surface area (Å²) in [4.78, 5) is 32.5. The summed E-state index contributed by atoms with van der Waals surface area (Å²) in [6.07, 6.45) is 8.12. The van der Waals surface area contributed by atoms with Gasteiger partial charge in [-0.1, -0.05) is 18.2 Å². The van der Waals surface area contributed by atoms with Crippen LogP contribution in [0.25, 0.3) is 11.1 Å².